The Morgan fingerprint density at radius 1 is 0.360 bits per heavy atom. The highest BCUT2D eigenvalue weighted by Crippen LogP contribution is 2.18. The average Bonchev–Trinajstić information content (AvgIpc) is 3.06. The van der Waals surface area contributed by atoms with E-state index >= 15 is 0 Å². The van der Waals surface area contributed by atoms with Crippen molar-refractivity contribution < 1.29 is 39.9 Å². The molecule has 0 unspecified atom stereocenters. The fourth-order valence-corrected chi connectivity index (χ4v) is 6.56. The molecule has 0 saturated heterocycles. The number of carboxylic acids is 3. The van der Waals surface area contributed by atoms with E-state index in [-0.39, 0.29) is 0 Å². The molecule has 0 spiro atoms. The Kier molecular flexibility index (Phi) is 40.5. The number of unbranched alkanes of at least 4 members (excludes halogenated alkanes) is 33. The summed E-state index contributed by atoms with van der Waals surface area (Å²) in [7, 11) is 0. The van der Waals surface area contributed by atoms with Crippen LogP contribution in [0.4, 0.5) is 0 Å². The predicted octanol–water partition coefficient (Wildman–Crippen LogP) is 12.0. The van der Waals surface area contributed by atoms with Crippen LogP contribution in [-0.2, 0) is 14.4 Å². The van der Waals surface area contributed by atoms with E-state index in [4.69, 9.17) is 25.5 Å². The summed E-state index contributed by atoms with van der Waals surface area (Å²) in [4.78, 5) is 30.5. The Balaban J connectivity index is 0. The van der Waals surface area contributed by atoms with Crippen molar-refractivity contribution in [2.75, 3.05) is 6.61 Å². The van der Waals surface area contributed by atoms with E-state index in [2.05, 4.69) is 6.92 Å². The second-order valence-corrected chi connectivity index (χ2v) is 14.9. The van der Waals surface area contributed by atoms with Crippen molar-refractivity contribution >= 4 is 17.9 Å². The molecule has 0 amide bonds. The normalized spacial score (nSPS) is 11.3. The largest absolute Gasteiger partial charge is 0.481 e. The minimum atomic E-state index is -2.74. The highest BCUT2D eigenvalue weighted by molar-refractivity contribution is 5.88. The number of rotatable bonds is 39. The number of aliphatic carboxylic acids is 3. The first kappa shape index (κ1) is 50.4. The minimum Gasteiger partial charge on any atom is -0.481 e. The van der Waals surface area contributed by atoms with Gasteiger partial charge in [0, 0.05) is 6.61 Å². The Morgan fingerprint density at radius 2 is 0.540 bits per heavy atom. The molecular weight excluding hydrogens is 632 g/mol. The van der Waals surface area contributed by atoms with Gasteiger partial charge in [0.05, 0.1) is 12.8 Å². The summed E-state index contributed by atoms with van der Waals surface area (Å²) in [6, 6.07) is 0. The highest BCUT2D eigenvalue weighted by Gasteiger charge is 2.40. The monoisotopic (exact) mass is 715 g/mol. The lowest BCUT2D eigenvalue weighted by molar-refractivity contribution is -0.170. The molecule has 0 aliphatic heterocycles. The predicted molar refractivity (Wildman–Crippen MR) is 207 cm³/mol. The average molecular weight is 715 g/mol. The number of carbonyl (C=O) groups is 3. The molecule has 0 atom stereocenters. The molecule has 0 fully saturated rings. The molecule has 0 bridgehead atoms. The van der Waals surface area contributed by atoms with Crippen LogP contribution in [0.5, 0.6) is 0 Å². The molecule has 298 valence electrons. The van der Waals surface area contributed by atoms with Crippen molar-refractivity contribution in [1.29, 1.82) is 0 Å². The van der Waals surface area contributed by atoms with Crippen LogP contribution in [0, 0.1) is 0 Å². The lowest BCUT2D eigenvalue weighted by Gasteiger charge is -2.18. The van der Waals surface area contributed by atoms with Gasteiger partial charge in [-0.05, 0) is 6.42 Å². The van der Waals surface area contributed by atoms with Crippen LogP contribution in [0.3, 0.4) is 0 Å². The van der Waals surface area contributed by atoms with Crippen molar-refractivity contribution in [2.45, 2.75) is 244 Å². The fraction of sp³-hybridized carbons (Fsp3) is 0.929. The van der Waals surface area contributed by atoms with Crippen LogP contribution in [0.2, 0.25) is 0 Å². The summed E-state index contributed by atoms with van der Waals surface area (Å²) in [6.45, 7) is 2.68. The lowest BCUT2D eigenvalue weighted by Crippen LogP contribution is -2.42. The van der Waals surface area contributed by atoms with E-state index in [9.17, 15) is 14.4 Å². The van der Waals surface area contributed by atoms with E-state index in [0.717, 1.165) is 6.42 Å². The third-order valence-electron chi connectivity index (χ3n) is 9.80. The maximum atomic E-state index is 10.3. The van der Waals surface area contributed by atoms with Gasteiger partial charge in [0.25, 0.3) is 0 Å². The SMILES string of the molecule is CCCCCCCCCCCCCCCCCCCCCCCCCCCCCCCCCCCCO.O=C(O)CC(O)(CC(=O)O)C(=O)O. The summed E-state index contributed by atoms with van der Waals surface area (Å²) in [6.07, 6.45) is 46.7. The second-order valence-electron chi connectivity index (χ2n) is 14.9. The van der Waals surface area contributed by atoms with E-state index in [1.54, 1.807) is 0 Å². The molecule has 8 heteroatoms. The maximum Gasteiger partial charge on any atom is 0.336 e. The van der Waals surface area contributed by atoms with Gasteiger partial charge in [0.2, 0.25) is 0 Å². The summed E-state index contributed by atoms with van der Waals surface area (Å²) in [5.41, 5.74) is -2.74. The number of aliphatic hydroxyl groups excluding tert-OH is 1. The first-order valence-corrected chi connectivity index (χ1v) is 21.2. The van der Waals surface area contributed by atoms with E-state index in [1.807, 2.05) is 0 Å². The summed E-state index contributed by atoms with van der Waals surface area (Å²) in [5.74, 6) is -5.02. The van der Waals surface area contributed by atoms with Crippen LogP contribution < -0.4 is 0 Å². The standard InChI is InChI=1S/C36H74O.C6H8O7/c1-2-3-4-5-6-7-8-9-10-11-12-13-14-15-16-17-18-19-20-21-22-23-24-25-26-27-28-29-30-31-32-33-34-35-36-37;7-3(8)1-6(13,5(11)12)2-4(9)10/h37H,2-36H2,1H3;13H,1-2H2,(H,7,8)(H,9,10)(H,11,12). The molecule has 0 heterocycles. The van der Waals surface area contributed by atoms with Gasteiger partial charge in [0.1, 0.15) is 0 Å². The van der Waals surface area contributed by atoms with Gasteiger partial charge < -0.3 is 25.5 Å². The molecule has 0 aliphatic rings. The topological polar surface area (TPSA) is 152 Å². The van der Waals surface area contributed by atoms with Crippen molar-refractivity contribution in [2.24, 2.45) is 0 Å². The molecular formula is C42H82O8. The van der Waals surface area contributed by atoms with Crippen LogP contribution in [0.15, 0.2) is 0 Å². The summed E-state index contributed by atoms with van der Waals surface area (Å²) in [5, 5.41) is 42.6. The lowest BCUT2D eigenvalue weighted by atomic mass is 9.96. The Hall–Kier alpha value is -1.67. The smallest absolute Gasteiger partial charge is 0.336 e. The number of carboxylic acid groups (broad SMARTS) is 3. The van der Waals surface area contributed by atoms with Crippen molar-refractivity contribution in [3.63, 3.8) is 0 Å². The molecule has 0 aliphatic carbocycles. The van der Waals surface area contributed by atoms with Gasteiger partial charge in [-0.1, -0.05) is 219 Å². The van der Waals surface area contributed by atoms with Crippen LogP contribution in [0.1, 0.15) is 238 Å². The Labute approximate surface area is 307 Å². The zero-order chi connectivity index (χ0) is 37.4. The molecule has 0 aromatic rings. The van der Waals surface area contributed by atoms with Gasteiger partial charge >= 0.3 is 17.9 Å². The van der Waals surface area contributed by atoms with Crippen molar-refractivity contribution in [3.8, 4) is 0 Å². The first-order chi connectivity index (χ1) is 24.2. The van der Waals surface area contributed by atoms with E-state index in [0.29, 0.717) is 6.61 Å². The zero-order valence-corrected chi connectivity index (χ0v) is 32.6. The molecule has 50 heavy (non-hydrogen) atoms. The van der Waals surface area contributed by atoms with Gasteiger partial charge in [-0.25, -0.2) is 4.79 Å². The van der Waals surface area contributed by atoms with E-state index in [1.165, 1.54) is 212 Å². The highest BCUT2D eigenvalue weighted by atomic mass is 16.4. The molecule has 0 radical (unpaired) electrons. The second kappa shape index (κ2) is 40.1. The summed E-state index contributed by atoms with van der Waals surface area (Å²) >= 11 is 0. The summed E-state index contributed by atoms with van der Waals surface area (Å²) < 4.78 is 0. The molecule has 5 N–H and O–H groups in total. The third-order valence-corrected chi connectivity index (χ3v) is 9.80. The zero-order valence-electron chi connectivity index (χ0n) is 32.6. The first-order valence-electron chi connectivity index (χ1n) is 21.2. The van der Waals surface area contributed by atoms with Gasteiger partial charge in [-0.2, -0.15) is 0 Å². The Morgan fingerprint density at radius 3 is 0.680 bits per heavy atom. The van der Waals surface area contributed by atoms with Crippen LogP contribution in [0.25, 0.3) is 0 Å². The van der Waals surface area contributed by atoms with Crippen LogP contribution >= 0.6 is 0 Å². The fourth-order valence-electron chi connectivity index (χ4n) is 6.56. The molecule has 0 aromatic heterocycles. The number of aliphatic hydroxyl groups is 2. The van der Waals surface area contributed by atoms with Gasteiger partial charge in [-0.15, -0.1) is 0 Å². The number of hydrogen-bond acceptors (Lipinski definition) is 5. The maximum absolute atomic E-state index is 10.3. The Bertz CT molecular complexity index is 691. The molecule has 0 aromatic carbocycles. The quantitative estimate of drug-likeness (QED) is 0.0394. The van der Waals surface area contributed by atoms with Crippen molar-refractivity contribution in [1.82, 2.24) is 0 Å². The molecule has 0 saturated carbocycles. The van der Waals surface area contributed by atoms with Gasteiger partial charge in [0.15, 0.2) is 5.60 Å². The minimum absolute atomic E-state index is 0.375. The number of hydrogen-bond donors (Lipinski definition) is 5. The molecule has 0 rings (SSSR count). The van der Waals surface area contributed by atoms with Gasteiger partial charge in [-0.3, -0.25) is 9.59 Å². The van der Waals surface area contributed by atoms with E-state index < -0.39 is 36.4 Å². The van der Waals surface area contributed by atoms with Crippen LogP contribution in [-0.4, -0.2) is 55.6 Å². The third kappa shape index (κ3) is 40.8. The molecule has 8 nitrogen and oxygen atoms in total. The van der Waals surface area contributed by atoms with Crippen molar-refractivity contribution in [3.05, 3.63) is 0 Å².